The Morgan fingerprint density at radius 1 is 1.14 bits per heavy atom. The van der Waals surface area contributed by atoms with Crippen LogP contribution in [0.25, 0.3) is 5.76 Å². The van der Waals surface area contributed by atoms with Crippen LogP contribution >= 0.6 is 0 Å². The van der Waals surface area contributed by atoms with Crippen molar-refractivity contribution in [1.29, 1.82) is 0 Å². The molecule has 1 amide bonds. The Labute approximate surface area is 206 Å². The number of carbonyl (C=O) groups excluding carboxylic acids is 2. The summed E-state index contributed by atoms with van der Waals surface area (Å²) in [5, 5.41) is 11.4. The number of carbonyl (C=O) groups is 2. The molecule has 2 aliphatic rings. The van der Waals surface area contributed by atoms with Gasteiger partial charge >= 0.3 is 0 Å². The maximum Gasteiger partial charge on any atom is 0.295 e. The molecule has 1 N–H and O–H groups in total. The third-order valence-corrected chi connectivity index (χ3v) is 6.74. The van der Waals surface area contributed by atoms with Crippen LogP contribution < -0.4 is 14.5 Å². The molecule has 0 saturated carbocycles. The lowest BCUT2D eigenvalue weighted by Gasteiger charge is -2.28. The molecule has 2 aliphatic heterocycles. The summed E-state index contributed by atoms with van der Waals surface area (Å²) in [4.78, 5) is 32.0. The van der Waals surface area contributed by atoms with Crippen molar-refractivity contribution in [3.8, 4) is 5.75 Å². The number of aliphatic hydroxyl groups excluding tert-OH is 1. The lowest BCUT2D eigenvalue weighted by atomic mass is 9.94. The number of hydrogen-bond acceptors (Lipinski definition) is 7. The largest absolute Gasteiger partial charge is 0.507 e. The number of aliphatic hydroxyl groups is 1. The fourth-order valence-electron chi connectivity index (χ4n) is 4.76. The third-order valence-electron chi connectivity index (χ3n) is 6.74. The molecule has 0 aliphatic carbocycles. The number of benzene rings is 2. The molecular formula is C27H33N3O5. The first kappa shape index (κ1) is 24.6. The van der Waals surface area contributed by atoms with E-state index >= 15 is 0 Å². The van der Waals surface area contributed by atoms with Crippen LogP contribution in [0.1, 0.15) is 31.0 Å². The molecule has 1 fully saturated rings. The molecule has 35 heavy (non-hydrogen) atoms. The standard InChI is InChI=1S/C27H33N3O5/c1-5-29(6-2)20-10-7-18(8-11-20)24-23(26(32)27(33)30(24)14-15-34-4)25(31)19-9-12-22-21(17-19)28(3)13-16-35-22/h7-12,17,24,31H,5-6,13-16H2,1-4H3/b25-23-. The molecule has 1 atom stereocenters. The fraction of sp³-hybridized carbons (Fsp3) is 0.407. The van der Waals surface area contributed by atoms with Gasteiger partial charge in [0.15, 0.2) is 0 Å². The minimum Gasteiger partial charge on any atom is -0.507 e. The molecule has 1 unspecified atom stereocenters. The van der Waals surface area contributed by atoms with Crippen molar-refractivity contribution in [3.05, 3.63) is 59.2 Å². The SMILES string of the molecule is CCN(CC)c1ccc(C2/C(=C(/O)c3ccc4c(c3)N(C)CCO4)C(=O)C(=O)N2CCOC)cc1. The number of hydrogen-bond donors (Lipinski definition) is 1. The van der Waals surface area contributed by atoms with Crippen molar-refractivity contribution in [2.45, 2.75) is 19.9 Å². The van der Waals surface area contributed by atoms with E-state index in [9.17, 15) is 14.7 Å². The molecule has 186 valence electrons. The second-order valence-electron chi connectivity index (χ2n) is 8.70. The Balaban J connectivity index is 1.80. The average Bonchev–Trinajstić information content (AvgIpc) is 3.13. The number of nitrogens with zero attached hydrogens (tertiary/aromatic N) is 3. The van der Waals surface area contributed by atoms with Crippen LogP contribution in [0.3, 0.4) is 0 Å². The number of likely N-dealkylation sites (N-methyl/N-ethyl adjacent to an activating group) is 1. The Morgan fingerprint density at radius 2 is 1.86 bits per heavy atom. The first-order valence-corrected chi connectivity index (χ1v) is 12.0. The molecular weight excluding hydrogens is 446 g/mol. The summed E-state index contributed by atoms with van der Waals surface area (Å²) >= 11 is 0. The summed E-state index contributed by atoms with van der Waals surface area (Å²) in [6, 6.07) is 12.4. The van der Waals surface area contributed by atoms with Crippen molar-refractivity contribution in [2.24, 2.45) is 0 Å². The minimum atomic E-state index is -0.707. The van der Waals surface area contributed by atoms with E-state index in [1.165, 1.54) is 4.90 Å². The van der Waals surface area contributed by atoms with Crippen LogP contribution in [-0.4, -0.2) is 75.2 Å². The highest BCUT2D eigenvalue weighted by atomic mass is 16.5. The number of Topliss-reactive ketones (excluding diaryl/α,β-unsaturated/α-hetero) is 1. The van der Waals surface area contributed by atoms with Crippen molar-refractivity contribution in [1.82, 2.24) is 4.90 Å². The normalized spacial score (nSPS) is 19.0. The van der Waals surface area contributed by atoms with E-state index in [0.717, 1.165) is 42.3 Å². The van der Waals surface area contributed by atoms with Gasteiger partial charge in [-0.2, -0.15) is 0 Å². The zero-order chi connectivity index (χ0) is 25.1. The average molecular weight is 480 g/mol. The fourth-order valence-corrected chi connectivity index (χ4v) is 4.76. The third kappa shape index (κ3) is 4.58. The summed E-state index contributed by atoms with van der Waals surface area (Å²) in [6.45, 7) is 7.76. The van der Waals surface area contributed by atoms with E-state index in [-0.39, 0.29) is 24.5 Å². The number of fused-ring (bicyclic) bond motifs is 1. The van der Waals surface area contributed by atoms with Gasteiger partial charge in [0.05, 0.1) is 30.5 Å². The number of methoxy groups -OCH3 is 1. The molecule has 1 saturated heterocycles. The van der Waals surface area contributed by atoms with Crippen LogP contribution in [0.15, 0.2) is 48.0 Å². The second kappa shape index (κ2) is 10.4. The molecule has 0 bridgehead atoms. The maximum atomic E-state index is 13.2. The number of ether oxygens (including phenoxy) is 2. The van der Waals surface area contributed by atoms with E-state index in [0.29, 0.717) is 12.2 Å². The first-order valence-electron chi connectivity index (χ1n) is 12.0. The number of likely N-dealkylation sites (tertiary alicyclic amines) is 1. The summed E-state index contributed by atoms with van der Waals surface area (Å²) in [6.07, 6.45) is 0. The Kier molecular flexibility index (Phi) is 7.31. The van der Waals surface area contributed by atoms with E-state index in [2.05, 4.69) is 18.7 Å². The Morgan fingerprint density at radius 3 is 2.51 bits per heavy atom. The van der Waals surface area contributed by atoms with E-state index in [1.54, 1.807) is 25.3 Å². The molecule has 2 aromatic carbocycles. The maximum absolute atomic E-state index is 13.2. The predicted octanol–water partition coefficient (Wildman–Crippen LogP) is 3.43. The number of anilines is 2. The number of amides is 1. The van der Waals surface area contributed by atoms with Crippen molar-refractivity contribution in [3.63, 3.8) is 0 Å². The highest BCUT2D eigenvalue weighted by molar-refractivity contribution is 6.46. The molecule has 0 spiro atoms. The van der Waals surface area contributed by atoms with Crippen LogP contribution in [0.4, 0.5) is 11.4 Å². The lowest BCUT2D eigenvalue weighted by molar-refractivity contribution is -0.140. The van der Waals surface area contributed by atoms with Crippen molar-refractivity contribution >= 4 is 28.8 Å². The van der Waals surface area contributed by atoms with Gasteiger partial charge < -0.3 is 29.3 Å². The second-order valence-corrected chi connectivity index (χ2v) is 8.70. The quantitative estimate of drug-likeness (QED) is 0.353. The lowest BCUT2D eigenvalue weighted by Crippen LogP contribution is -2.32. The molecule has 2 heterocycles. The molecule has 4 rings (SSSR count). The van der Waals surface area contributed by atoms with E-state index in [4.69, 9.17) is 9.47 Å². The van der Waals surface area contributed by atoms with Gasteiger partial charge in [-0.15, -0.1) is 0 Å². The van der Waals surface area contributed by atoms with E-state index in [1.807, 2.05) is 36.2 Å². The summed E-state index contributed by atoms with van der Waals surface area (Å²) in [5.41, 5.74) is 3.20. The Hall–Kier alpha value is -3.52. The predicted molar refractivity (Wildman–Crippen MR) is 136 cm³/mol. The van der Waals surface area contributed by atoms with Gasteiger partial charge in [-0.25, -0.2) is 0 Å². The summed E-state index contributed by atoms with van der Waals surface area (Å²) in [7, 11) is 3.50. The van der Waals surface area contributed by atoms with Crippen LogP contribution in [-0.2, 0) is 14.3 Å². The number of ketones is 1. The van der Waals surface area contributed by atoms with Gasteiger partial charge in [0.2, 0.25) is 0 Å². The van der Waals surface area contributed by atoms with E-state index < -0.39 is 17.7 Å². The van der Waals surface area contributed by atoms with Crippen LogP contribution in [0.2, 0.25) is 0 Å². The van der Waals surface area contributed by atoms with Gasteiger partial charge in [0, 0.05) is 45.0 Å². The molecule has 0 aromatic heterocycles. The van der Waals surface area contributed by atoms with Crippen molar-refractivity contribution < 1.29 is 24.2 Å². The molecule has 0 radical (unpaired) electrons. The van der Waals surface area contributed by atoms with Gasteiger partial charge in [-0.1, -0.05) is 12.1 Å². The molecule has 8 nitrogen and oxygen atoms in total. The first-order chi connectivity index (χ1) is 16.9. The van der Waals surface area contributed by atoms with Crippen LogP contribution in [0.5, 0.6) is 5.75 Å². The zero-order valence-electron chi connectivity index (χ0n) is 20.8. The minimum absolute atomic E-state index is 0.0843. The van der Waals surface area contributed by atoms with Gasteiger partial charge in [0.1, 0.15) is 18.1 Å². The highest BCUT2D eigenvalue weighted by Crippen LogP contribution is 2.41. The Bertz CT molecular complexity index is 1120. The molecule has 2 aromatic rings. The monoisotopic (exact) mass is 479 g/mol. The topological polar surface area (TPSA) is 82.5 Å². The van der Waals surface area contributed by atoms with Gasteiger partial charge in [-0.05, 0) is 49.7 Å². The number of rotatable bonds is 8. The van der Waals surface area contributed by atoms with Gasteiger partial charge in [-0.3, -0.25) is 9.59 Å². The zero-order valence-corrected chi connectivity index (χ0v) is 20.8. The summed E-state index contributed by atoms with van der Waals surface area (Å²) in [5.74, 6) is -0.805. The van der Waals surface area contributed by atoms with Crippen molar-refractivity contribution in [2.75, 3.05) is 63.4 Å². The highest BCUT2D eigenvalue weighted by Gasteiger charge is 2.46. The van der Waals surface area contributed by atoms with Gasteiger partial charge in [0.25, 0.3) is 11.7 Å². The van der Waals surface area contributed by atoms with Crippen LogP contribution in [0, 0.1) is 0 Å². The summed E-state index contributed by atoms with van der Waals surface area (Å²) < 4.78 is 10.9. The smallest absolute Gasteiger partial charge is 0.295 e. The molecule has 8 heteroatoms.